The Hall–Kier alpha value is -1.97. The molecule has 1 aromatic heterocycles. The van der Waals surface area contributed by atoms with Gasteiger partial charge in [0.25, 0.3) is 0 Å². The lowest BCUT2D eigenvalue weighted by molar-refractivity contribution is 0.111. The van der Waals surface area contributed by atoms with E-state index < -0.39 is 0 Å². The third-order valence-corrected chi connectivity index (χ3v) is 2.84. The van der Waals surface area contributed by atoms with E-state index in [1.165, 1.54) is 5.56 Å². The summed E-state index contributed by atoms with van der Waals surface area (Å²) in [7, 11) is 0. The SMILES string of the molecule is CC(C)(C)c1ccc(Cn2cc(C=O)nn2)cc1. The van der Waals surface area contributed by atoms with Crippen LogP contribution in [0, 0.1) is 0 Å². The fourth-order valence-electron chi connectivity index (χ4n) is 1.74. The molecule has 4 nitrogen and oxygen atoms in total. The first-order valence-electron chi connectivity index (χ1n) is 5.94. The first kappa shape index (κ1) is 12.5. The van der Waals surface area contributed by atoms with Crippen LogP contribution in [-0.4, -0.2) is 21.3 Å². The van der Waals surface area contributed by atoms with E-state index in [-0.39, 0.29) is 5.41 Å². The predicted molar refractivity (Wildman–Crippen MR) is 69.7 cm³/mol. The van der Waals surface area contributed by atoms with Gasteiger partial charge in [-0.1, -0.05) is 50.3 Å². The number of aldehydes is 1. The molecule has 0 aliphatic rings. The molecule has 94 valence electrons. The van der Waals surface area contributed by atoms with Crippen molar-refractivity contribution in [2.24, 2.45) is 0 Å². The van der Waals surface area contributed by atoms with Gasteiger partial charge in [0.1, 0.15) is 5.69 Å². The second-order valence-corrected chi connectivity index (χ2v) is 5.41. The summed E-state index contributed by atoms with van der Waals surface area (Å²) in [5, 5.41) is 7.62. The van der Waals surface area contributed by atoms with Gasteiger partial charge in [-0.25, -0.2) is 4.68 Å². The lowest BCUT2D eigenvalue weighted by atomic mass is 9.87. The Kier molecular flexibility index (Phi) is 3.28. The highest BCUT2D eigenvalue weighted by Crippen LogP contribution is 2.22. The van der Waals surface area contributed by atoms with Crippen molar-refractivity contribution in [3.8, 4) is 0 Å². The van der Waals surface area contributed by atoms with Crippen LogP contribution in [0.3, 0.4) is 0 Å². The van der Waals surface area contributed by atoms with Crippen LogP contribution in [0.2, 0.25) is 0 Å². The summed E-state index contributed by atoms with van der Waals surface area (Å²) < 4.78 is 1.66. The van der Waals surface area contributed by atoms with Crippen LogP contribution < -0.4 is 0 Å². The van der Waals surface area contributed by atoms with Gasteiger partial charge in [0.15, 0.2) is 6.29 Å². The van der Waals surface area contributed by atoms with Gasteiger partial charge in [-0.3, -0.25) is 4.79 Å². The van der Waals surface area contributed by atoms with E-state index >= 15 is 0 Å². The fraction of sp³-hybridized carbons (Fsp3) is 0.357. The molecule has 2 aromatic rings. The van der Waals surface area contributed by atoms with Crippen molar-refractivity contribution in [3.05, 3.63) is 47.3 Å². The monoisotopic (exact) mass is 243 g/mol. The summed E-state index contributed by atoms with van der Waals surface area (Å²) in [4.78, 5) is 10.5. The van der Waals surface area contributed by atoms with E-state index in [0.29, 0.717) is 18.5 Å². The minimum absolute atomic E-state index is 0.163. The molecule has 0 spiro atoms. The molecule has 0 aliphatic carbocycles. The molecule has 0 unspecified atom stereocenters. The van der Waals surface area contributed by atoms with Crippen molar-refractivity contribution in [1.29, 1.82) is 0 Å². The smallest absolute Gasteiger partial charge is 0.171 e. The van der Waals surface area contributed by atoms with Gasteiger partial charge in [0.05, 0.1) is 12.7 Å². The largest absolute Gasteiger partial charge is 0.296 e. The Bertz CT molecular complexity index is 535. The number of nitrogens with zero attached hydrogens (tertiary/aromatic N) is 3. The van der Waals surface area contributed by atoms with E-state index in [0.717, 1.165) is 5.56 Å². The molecule has 0 saturated heterocycles. The Labute approximate surface area is 107 Å². The van der Waals surface area contributed by atoms with Crippen molar-refractivity contribution < 1.29 is 4.79 Å². The zero-order valence-electron chi connectivity index (χ0n) is 10.9. The van der Waals surface area contributed by atoms with Gasteiger partial charge < -0.3 is 0 Å². The standard InChI is InChI=1S/C14H17N3O/c1-14(2,3)12-6-4-11(5-7-12)8-17-9-13(10-18)15-16-17/h4-7,9-10H,8H2,1-3H3. The highest BCUT2D eigenvalue weighted by molar-refractivity contribution is 5.70. The van der Waals surface area contributed by atoms with E-state index in [1.54, 1.807) is 10.9 Å². The van der Waals surface area contributed by atoms with Crippen LogP contribution in [0.15, 0.2) is 30.5 Å². The lowest BCUT2D eigenvalue weighted by Crippen LogP contribution is -2.11. The summed E-state index contributed by atoms with van der Waals surface area (Å²) in [5.41, 5.74) is 2.97. The zero-order chi connectivity index (χ0) is 13.2. The van der Waals surface area contributed by atoms with Crippen molar-refractivity contribution in [1.82, 2.24) is 15.0 Å². The van der Waals surface area contributed by atoms with Gasteiger partial charge in [0, 0.05) is 0 Å². The molecule has 0 aliphatic heterocycles. The molecule has 18 heavy (non-hydrogen) atoms. The van der Waals surface area contributed by atoms with Gasteiger partial charge >= 0.3 is 0 Å². The first-order chi connectivity index (χ1) is 8.49. The first-order valence-corrected chi connectivity index (χ1v) is 5.94. The Balaban J connectivity index is 2.13. The fourth-order valence-corrected chi connectivity index (χ4v) is 1.74. The van der Waals surface area contributed by atoms with E-state index in [2.05, 4.69) is 55.3 Å². The number of hydrogen-bond acceptors (Lipinski definition) is 3. The Morgan fingerprint density at radius 1 is 1.22 bits per heavy atom. The van der Waals surface area contributed by atoms with Crippen molar-refractivity contribution in [2.45, 2.75) is 32.7 Å². The molecule has 0 radical (unpaired) electrons. The van der Waals surface area contributed by atoms with Crippen molar-refractivity contribution >= 4 is 6.29 Å². The highest BCUT2D eigenvalue weighted by Gasteiger charge is 2.12. The topological polar surface area (TPSA) is 47.8 Å². The highest BCUT2D eigenvalue weighted by atomic mass is 16.1. The van der Waals surface area contributed by atoms with E-state index in [4.69, 9.17) is 0 Å². The molecule has 1 aromatic carbocycles. The molecule has 1 heterocycles. The minimum Gasteiger partial charge on any atom is -0.296 e. The van der Waals surface area contributed by atoms with Gasteiger partial charge in [-0.2, -0.15) is 0 Å². The number of carbonyl (C=O) groups excluding carboxylic acids is 1. The van der Waals surface area contributed by atoms with Gasteiger partial charge in [-0.15, -0.1) is 5.10 Å². The van der Waals surface area contributed by atoms with Crippen LogP contribution in [0.25, 0.3) is 0 Å². The third-order valence-electron chi connectivity index (χ3n) is 2.84. The predicted octanol–water partition coefficient (Wildman–Crippen LogP) is 2.44. The molecule has 0 saturated carbocycles. The summed E-state index contributed by atoms with van der Waals surface area (Å²) in [6, 6.07) is 8.44. The molecule has 4 heteroatoms. The number of hydrogen-bond donors (Lipinski definition) is 0. The molecule has 0 bridgehead atoms. The van der Waals surface area contributed by atoms with Crippen molar-refractivity contribution in [3.63, 3.8) is 0 Å². The summed E-state index contributed by atoms with van der Waals surface area (Å²) in [6.07, 6.45) is 2.34. The molecule has 2 rings (SSSR count). The average Bonchev–Trinajstić information content (AvgIpc) is 2.76. The average molecular weight is 243 g/mol. The summed E-state index contributed by atoms with van der Waals surface area (Å²) in [6.45, 7) is 7.20. The molecule has 0 fully saturated rings. The van der Waals surface area contributed by atoms with Gasteiger partial charge in [0.2, 0.25) is 0 Å². The summed E-state index contributed by atoms with van der Waals surface area (Å²) >= 11 is 0. The number of rotatable bonds is 3. The second-order valence-electron chi connectivity index (χ2n) is 5.41. The summed E-state index contributed by atoms with van der Waals surface area (Å²) in [5.74, 6) is 0. The van der Waals surface area contributed by atoms with Crippen LogP contribution in [0.5, 0.6) is 0 Å². The number of aromatic nitrogens is 3. The van der Waals surface area contributed by atoms with Crippen LogP contribution in [-0.2, 0) is 12.0 Å². The molecule has 0 amide bonds. The third kappa shape index (κ3) is 2.83. The molecular weight excluding hydrogens is 226 g/mol. The Morgan fingerprint density at radius 3 is 2.39 bits per heavy atom. The van der Waals surface area contributed by atoms with Crippen LogP contribution in [0.4, 0.5) is 0 Å². The number of carbonyl (C=O) groups is 1. The van der Waals surface area contributed by atoms with Gasteiger partial charge in [-0.05, 0) is 16.5 Å². The number of benzene rings is 1. The second kappa shape index (κ2) is 4.72. The quantitative estimate of drug-likeness (QED) is 0.778. The maximum absolute atomic E-state index is 10.5. The maximum Gasteiger partial charge on any atom is 0.171 e. The zero-order valence-corrected chi connectivity index (χ0v) is 10.9. The van der Waals surface area contributed by atoms with E-state index in [1.807, 2.05) is 0 Å². The minimum atomic E-state index is 0.163. The molecule has 0 N–H and O–H groups in total. The Morgan fingerprint density at radius 2 is 1.89 bits per heavy atom. The van der Waals surface area contributed by atoms with Crippen LogP contribution >= 0.6 is 0 Å². The maximum atomic E-state index is 10.5. The lowest BCUT2D eigenvalue weighted by Gasteiger charge is -2.19. The van der Waals surface area contributed by atoms with Crippen LogP contribution in [0.1, 0.15) is 42.4 Å². The normalized spacial score (nSPS) is 11.5. The van der Waals surface area contributed by atoms with E-state index in [9.17, 15) is 4.79 Å². The van der Waals surface area contributed by atoms with Crippen molar-refractivity contribution in [2.75, 3.05) is 0 Å². The molecule has 0 atom stereocenters. The molecular formula is C14H17N3O.